The van der Waals surface area contributed by atoms with Crippen molar-refractivity contribution >= 4 is 33.4 Å². The Morgan fingerprint density at radius 3 is 2.36 bits per heavy atom. The van der Waals surface area contributed by atoms with E-state index >= 15 is 0 Å². The first-order valence-corrected chi connectivity index (χ1v) is 9.97. The zero-order chi connectivity index (χ0) is 20.5. The molecule has 7 heteroatoms. The molecule has 2 aromatic carbocycles. The van der Waals surface area contributed by atoms with Crippen LogP contribution >= 0.6 is 15.9 Å². The molecule has 0 spiro atoms. The van der Waals surface area contributed by atoms with Crippen LogP contribution < -0.4 is 20.1 Å². The second-order valence-electron chi connectivity index (χ2n) is 6.09. The number of aryl methyl sites for hydroxylation is 1. The molecule has 2 aromatic rings. The fourth-order valence-electron chi connectivity index (χ4n) is 2.55. The van der Waals surface area contributed by atoms with E-state index in [1.54, 1.807) is 6.07 Å². The van der Waals surface area contributed by atoms with E-state index in [1.165, 1.54) is 0 Å². The van der Waals surface area contributed by atoms with Crippen molar-refractivity contribution in [3.63, 3.8) is 0 Å². The van der Waals surface area contributed by atoms with Gasteiger partial charge in [-0.1, -0.05) is 12.1 Å². The Labute approximate surface area is 173 Å². The first-order valence-electron chi connectivity index (χ1n) is 9.18. The van der Waals surface area contributed by atoms with Crippen LogP contribution in [0.1, 0.15) is 25.0 Å². The minimum atomic E-state index is -0.703. The standard InChI is InChI=1S/C21H25BrN2O4/c1-4-27-18-9-7-15(13-19(18)28-5-2)10-11-23-20(25)21(26)24-17-8-6-14(3)12-16(17)22/h6-9,12-13H,4-5,10-11H2,1-3H3,(H,23,25)(H,24,26). The molecule has 0 saturated carbocycles. The highest BCUT2D eigenvalue weighted by Crippen LogP contribution is 2.28. The van der Waals surface area contributed by atoms with Gasteiger partial charge in [0, 0.05) is 11.0 Å². The van der Waals surface area contributed by atoms with Crippen LogP contribution in [0.15, 0.2) is 40.9 Å². The zero-order valence-electron chi connectivity index (χ0n) is 16.3. The molecule has 0 radical (unpaired) electrons. The summed E-state index contributed by atoms with van der Waals surface area (Å²) >= 11 is 3.38. The van der Waals surface area contributed by atoms with Gasteiger partial charge in [-0.25, -0.2) is 0 Å². The summed E-state index contributed by atoms with van der Waals surface area (Å²) in [5, 5.41) is 5.23. The Hall–Kier alpha value is -2.54. The van der Waals surface area contributed by atoms with E-state index in [1.807, 2.05) is 51.1 Å². The Balaban J connectivity index is 1.88. The summed E-state index contributed by atoms with van der Waals surface area (Å²) in [5.74, 6) is -0.00924. The molecule has 0 aromatic heterocycles. The van der Waals surface area contributed by atoms with Crippen LogP contribution in [0.2, 0.25) is 0 Å². The Bertz CT molecular complexity index is 839. The van der Waals surface area contributed by atoms with Crippen molar-refractivity contribution < 1.29 is 19.1 Å². The molecule has 2 N–H and O–H groups in total. The van der Waals surface area contributed by atoms with Crippen LogP contribution in [0.4, 0.5) is 5.69 Å². The molecular weight excluding hydrogens is 424 g/mol. The van der Waals surface area contributed by atoms with E-state index in [0.29, 0.717) is 43.4 Å². The monoisotopic (exact) mass is 448 g/mol. The van der Waals surface area contributed by atoms with E-state index in [-0.39, 0.29) is 0 Å². The number of ether oxygens (including phenoxy) is 2. The normalized spacial score (nSPS) is 10.3. The summed E-state index contributed by atoms with van der Waals surface area (Å²) < 4.78 is 11.9. The third-order valence-electron chi connectivity index (χ3n) is 3.89. The second kappa shape index (κ2) is 10.7. The summed E-state index contributed by atoms with van der Waals surface area (Å²) in [7, 11) is 0. The number of hydrogen-bond acceptors (Lipinski definition) is 4. The molecule has 0 aliphatic carbocycles. The van der Waals surface area contributed by atoms with E-state index in [2.05, 4.69) is 26.6 Å². The van der Waals surface area contributed by atoms with Gasteiger partial charge in [-0.2, -0.15) is 0 Å². The largest absolute Gasteiger partial charge is 0.490 e. The highest BCUT2D eigenvalue weighted by atomic mass is 79.9. The highest BCUT2D eigenvalue weighted by Gasteiger charge is 2.15. The van der Waals surface area contributed by atoms with Crippen molar-refractivity contribution in [2.75, 3.05) is 25.1 Å². The third kappa shape index (κ3) is 6.27. The molecule has 0 bridgehead atoms. The van der Waals surface area contributed by atoms with Gasteiger partial charge in [-0.05, 0) is 78.5 Å². The van der Waals surface area contributed by atoms with Crippen LogP contribution in [-0.2, 0) is 16.0 Å². The maximum Gasteiger partial charge on any atom is 0.313 e. The number of carbonyl (C=O) groups is 2. The van der Waals surface area contributed by atoms with Crippen molar-refractivity contribution in [1.29, 1.82) is 0 Å². The Kier molecular flexibility index (Phi) is 8.32. The van der Waals surface area contributed by atoms with Gasteiger partial charge < -0.3 is 20.1 Å². The molecule has 0 aliphatic heterocycles. The fraction of sp³-hybridized carbons (Fsp3) is 0.333. The highest BCUT2D eigenvalue weighted by molar-refractivity contribution is 9.10. The summed E-state index contributed by atoms with van der Waals surface area (Å²) in [6.07, 6.45) is 0.569. The number of amides is 2. The molecule has 0 fully saturated rings. The van der Waals surface area contributed by atoms with Gasteiger partial charge in [0.25, 0.3) is 0 Å². The summed E-state index contributed by atoms with van der Waals surface area (Å²) in [6, 6.07) is 11.1. The third-order valence-corrected chi connectivity index (χ3v) is 4.54. The van der Waals surface area contributed by atoms with Crippen LogP contribution in [0.3, 0.4) is 0 Å². The van der Waals surface area contributed by atoms with Gasteiger partial charge >= 0.3 is 11.8 Å². The molecule has 6 nitrogen and oxygen atoms in total. The van der Waals surface area contributed by atoms with Gasteiger partial charge in [0.15, 0.2) is 11.5 Å². The van der Waals surface area contributed by atoms with Crippen molar-refractivity contribution in [2.24, 2.45) is 0 Å². The average molecular weight is 449 g/mol. The number of anilines is 1. The smallest absolute Gasteiger partial charge is 0.313 e. The van der Waals surface area contributed by atoms with Crippen LogP contribution in [0.25, 0.3) is 0 Å². The zero-order valence-corrected chi connectivity index (χ0v) is 17.9. The van der Waals surface area contributed by atoms with E-state index in [9.17, 15) is 9.59 Å². The molecule has 0 heterocycles. The van der Waals surface area contributed by atoms with Gasteiger partial charge in [-0.3, -0.25) is 9.59 Å². The van der Waals surface area contributed by atoms with Crippen LogP contribution in [0, 0.1) is 6.92 Å². The predicted molar refractivity (Wildman–Crippen MR) is 113 cm³/mol. The lowest BCUT2D eigenvalue weighted by Crippen LogP contribution is -2.36. The van der Waals surface area contributed by atoms with Crippen LogP contribution in [-0.4, -0.2) is 31.6 Å². The van der Waals surface area contributed by atoms with E-state index < -0.39 is 11.8 Å². The number of rotatable bonds is 8. The maximum absolute atomic E-state index is 12.1. The van der Waals surface area contributed by atoms with E-state index in [0.717, 1.165) is 15.6 Å². The van der Waals surface area contributed by atoms with Crippen molar-refractivity contribution in [3.8, 4) is 11.5 Å². The SMILES string of the molecule is CCOc1ccc(CCNC(=O)C(=O)Nc2ccc(C)cc2Br)cc1OCC. The lowest BCUT2D eigenvalue weighted by molar-refractivity contribution is -0.136. The molecule has 2 rings (SSSR count). The van der Waals surface area contributed by atoms with Crippen molar-refractivity contribution in [2.45, 2.75) is 27.2 Å². The molecule has 150 valence electrons. The predicted octanol–water partition coefficient (Wildman–Crippen LogP) is 3.85. The molecule has 0 atom stereocenters. The Morgan fingerprint density at radius 1 is 0.964 bits per heavy atom. The quantitative estimate of drug-likeness (QED) is 0.601. The lowest BCUT2D eigenvalue weighted by atomic mass is 10.1. The first-order chi connectivity index (χ1) is 13.4. The molecule has 0 aliphatic rings. The van der Waals surface area contributed by atoms with E-state index in [4.69, 9.17) is 9.47 Å². The number of hydrogen-bond donors (Lipinski definition) is 2. The molecular formula is C21H25BrN2O4. The maximum atomic E-state index is 12.1. The summed E-state index contributed by atoms with van der Waals surface area (Å²) in [6.45, 7) is 7.20. The minimum absolute atomic E-state index is 0.334. The molecule has 28 heavy (non-hydrogen) atoms. The van der Waals surface area contributed by atoms with Gasteiger partial charge in [0.05, 0.1) is 18.9 Å². The van der Waals surface area contributed by atoms with Crippen molar-refractivity contribution in [3.05, 3.63) is 52.0 Å². The van der Waals surface area contributed by atoms with Crippen molar-refractivity contribution in [1.82, 2.24) is 5.32 Å². The number of nitrogens with one attached hydrogen (secondary N) is 2. The van der Waals surface area contributed by atoms with Gasteiger partial charge in [-0.15, -0.1) is 0 Å². The molecule has 2 amide bonds. The van der Waals surface area contributed by atoms with Gasteiger partial charge in [0.1, 0.15) is 0 Å². The number of benzene rings is 2. The molecule has 0 unspecified atom stereocenters. The number of carbonyl (C=O) groups excluding carboxylic acids is 2. The topological polar surface area (TPSA) is 76.7 Å². The summed E-state index contributed by atoms with van der Waals surface area (Å²) in [5.41, 5.74) is 2.59. The lowest BCUT2D eigenvalue weighted by Gasteiger charge is -2.13. The average Bonchev–Trinajstić information content (AvgIpc) is 2.66. The minimum Gasteiger partial charge on any atom is -0.490 e. The number of halogens is 1. The second-order valence-corrected chi connectivity index (χ2v) is 6.94. The fourth-order valence-corrected chi connectivity index (χ4v) is 3.14. The van der Waals surface area contributed by atoms with Gasteiger partial charge in [0.2, 0.25) is 0 Å². The van der Waals surface area contributed by atoms with Crippen LogP contribution in [0.5, 0.6) is 11.5 Å². The first kappa shape index (κ1) is 21.8. The molecule has 0 saturated heterocycles. The summed E-state index contributed by atoms with van der Waals surface area (Å²) in [4.78, 5) is 24.1. The Morgan fingerprint density at radius 2 is 1.68 bits per heavy atom.